The molecule has 2 rings (SSSR count). The highest BCUT2D eigenvalue weighted by molar-refractivity contribution is 5.77. The second-order valence-electron chi connectivity index (χ2n) is 5.40. The Morgan fingerprint density at radius 2 is 1.85 bits per heavy atom. The molecule has 4 nitrogen and oxygen atoms in total. The van der Waals surface area contributed by atoms with Crippen LogP contribution in [0.4, 0.5) is 0 Å². The van der Waals surface area contributed by atoms with Crippen LogP contribution >= 0.6 is 0 Å². The van der Waals surface area contributed by atoms with Gasteiger partial charge in [-0.05, 0) is 43.0 Å². The monoisotopic (exact) mass is 277 g/mol. The fourth-order valence-corrected chi connectivity index (χ4v) is 2.60. The molecule has 1 amide bonds. The van der Waals surface area contributed by atoms with Crippen LogP contribution < -0.4 is 14.8 Å². The Labute approximate surface area is 120 Å². The minimum Gasteiger partial charge on any atom is -0.497 e. The number of methoxy groups -OCH3 is 1. The van der Waals surface area contributed by atoms with Crippen LogP contribution in [0, 0.1) is 5.92 Å². The Bertz CT molecular complexity index is 430. The van der Waals surface area contributed by atoms with Crippen molar-refractivity contribution in [2.75, 3.05) is 13.7 Å². The molecule has 0 spiro atoms. The Kier molecular flexibility index (Phi) is 5.27. The van der Waals surface area contributed by atoms with E-state index in [0.29, 0.717) is 17.7 Å². The van der Waals surface area contributed by atoms with Gasteiger partial charge in [-0.15, -0.1) is 0 Å². The molecule has 0 aromatic heterocycles. The molecular formula is C16H23NO3. The van der Waals surface area contributed by atoms with Crippen molar-refractivity contribution in [3.8, 4) is 11.5 Å². The van der Waals surface area contributed by atoms with Gasteiger partial charge in [0.15, 0.2) is 6.61 Å². The molecule has 0 unspecified atom stereocenters. The Morgan fingerprint density at radius 3 is 2.50 bits per heavy atom. The van der Waals surface area contributed by atoms with Gasteiger partial charge in [-0.25, -0.2) is 0 Å². The summed E-state index contributed by atoms with van der Waals surface area (Å²) in [6, 6.07) is 7.54. The summed E-state index contributed by atoms with van der Waals surface area (Å²) in [7, 11) is 1.62. The second-order valence-corrected chi connectivity index (χ2v) is 5.40. The average molecular weight is 277 g/mol. The van der Waals surface area contributed by atoms with Crippen molar-refractivity contribution in [3.05, 3.63) is 24.3 Å². The Balaban J connectivity index is 1.76. The van der Waals surface area contributed by atoms with E-state index in [9.17, 15) is 4.79 Å². The maximum atomic E-state index is 11.9. The van der Waals surface area contributed by atoms with Gasteiger partial charge in [0.1, 0.15) is 11.5 Å². The van der Waals surface area contributed by atoms with Gasteiger partial charge in [-0.3, -0.25) is 4.79 Å². The first-order valence-corrected chi connectivity index (χ1v) is 7.25. The third-order valence-electron chi connectivity index (χ3n) is 3.89. The molecule has 1 aliphatic rings. The molecule has 0 aliphatic heterocycles. The van der Waals surface area contributed by atoms with Crippen molar-refractivity contribution in [1.82, 2.24) is 5.32 Å². The zero-order chi connectivity index (χ0) is 14.4. The van der Waals surface area contributed by atoms with Crippen molar-refractivity contribution in [2.45, 2.75) is 38.6 Å². The van der Waals surface area contributed by atoms with Gasteiger partial charge in [0.05, 0.1) is 7.11 Å². The molecule has 2 atom stereocenters. The van der Waals surface area contributed by atoms with Crippen LogP contribution in [-0.4, -0.2) is 25.7 Å². The van der Waals surface area contributed by atoms with E-state index < -0.39 is 0 Å². The van der Waals surface area contributed by atoms with Gasteiger partial charge in [0.25, 0.3) is 5.91 Å². The SMILES string of the molecule is COc1ccc(OCC(=O)N[C@@H]2CCCC[C@@H]2C)cc1. The van der Waals surface area contributed by atoms with Crippen molar-refractivity contribution < 1.29 is 14.3 Å². The van der Waals surface area contributed by atoms with Crippen LogP contribution in [-0.2, 0) is 4.79 Å². The molecule has 0 saturated heterocycles. The zero-order valence-electron chi connectivity index (χ0n) is 12.2. The van der Waals surface area contributed by atoms with Gasteiger partial charge in [0.2, 0.25) is 0 Å². The van der Waals surface area contributed by atoms with E-state index in [-0.39, 0.29) is 12.5 Å². The van der Waals surface area contributed by atoms with E-state index in [1.807, 2.05) is 12.1 Å². The van der Waals surface area contributed by atoms with Gasteiger partial charge < -0.3 is 14.8 Å². The molecule has 110 valence electrons. The van der Waals surface area contributed by atoms with Crippen LogP contribution in [0.5, 0.6) is 11.5 Å². The summed E-state index contributed by atoms with van der Waals surface area (Å²) in [4.78, 5) is 11.9. The predicted molar refractivity (Wildman–Crippen MR) is 78.1 cm³/mol. The van der Waals surface area contributed by atoms with E-state index in [4.69, 9.17) is 9.47 Å². The van der Waals surface area contributed by atoms with Crippen LogP contribution in [0.1, 0.15) is 32.6 Å². The lowest BCUT2D eigenvalue weighted by molar-refractivity contribution is -0.124. The van der Waals surface area contributed by atoms with E-state index in [1.54, 1.807) is 19.2 Å². The maximum Gasteiger partial charge on any atom is 0.258 e. The Morgan fingerprint density at radius 1 is 1.20 bits per heavy atom. The quantitative estimate of drug-likeness (QED) is 0.900. The lowest BCUT2D eigenvalue weighted by Gasteiger charge is -2.29. The highest BCUT2D eigenvalue weighted by Crippen LogP contribution is 2.23. The van der Waals surface area contributed by atoms with Gasteiger partial charge in [-0.1, -0.05) is 19.8 Å². The minimum atomic E-state index is -0.0421. The molecular weight excluding hydrogens is 254 g/mol. The molecule has 0 heterocycles. The fourth-order valence-electron chi connectivity index (χ4n) is 2.60. The third-order valence-corrected chi connectivity index (χ3v) is 3.89. The number of carbonyl (C=O) groups excluding carboxylic acids is 1. The first-order valence-electron chi connectivity index (χ1n) is 7.25. The Hall–Kier alpha value is -1.71. The number of amides is 1. The molecule has 0 radical (unpaired) electrons. The van der Waals surface area contributed by atoms with Crippen LogP contribution in [0.2, 0.25) is 0 Å². The van der Waals surface area contributed by atoms with Gasteiger partial charge >= 0.3 is 0 Å². The fraction of sp³-hybridized carbons (Fsp3) is 0.562. The zero-order valence-corrected chi connectivity index (χ0v) is 12.2. The van der Waals surface area contributed by atoms with Crippen molar-refractivity contribution in [2.24, 2.45) is 5.92 Å². The summed E-state index contributed by atoms with van der Waals surface area (Å²) in [6.07, 6.45) is 4.75. The van der Waals surface area contributed by atoms with Crippen molar-refractivity contribution in [3.63, 3.8) is 0 Å². The molecule has 1 aromatic carbocycles. The predicted octanol–water partition coefficient (Wildman–Crippen LogP) is 2.77. The van der Waals surface area contributed by atoms with Gasteiger partial charge in [0, 0.05) is 6.04 Å². The number of carbonyl (C=O) groups is 1. The summed E-state index contributed by atoms with van der Waals surface area (Å²) in [5.41, 5.74) is 0. The molecule has 0 bridgehead atoms. The van der Waals surface area contributed by atoms with Crippen molar-refractivity contribution in [1.29, 1.82) is 0 Å². The number of rotatable bonds is 5. The number of hydrogen-bond donors (Lipinski definition) is 1. The number of benzene rings is 1. The standard InChI is InChI=1S/C16H23NO3/c1-12-5-3-4-6-15(12)17-16(18)11-20-14-9-7-13(19-2)8-10-14/h7-10,12,15H,3-6,11H2,1-2H3,(H,17,18)/t12-,15+/m0/s1. The largest absolute Gasteiger partial charge is 0.497 e. The molecule has 1 N–H and O–H groups in total. The number of nitrogens with one attached hydrogen (secondary N) is 1. The lowest BCUT2D eigenvalue weighted by Crippen LogP contribution is -2.43. The maximum absolute atomic E-state index is 11.9. The second kappa shape index (κ2) is 7.17. The summed E-state index contributed by atoms with van der Waals surface area (Å²) in [5.74, 6) is 1.98. The van der Waals surface area contributed by atoms with E-state index in [2.05, 4.69) is 12.2 Å². The summed E-state index contributed by atoms with van der Waals surface area (Å²) in [6.45, 7) is 2.27. The van der Waals surface area contributed by atoms with E-state index >= 15 is 0 Å². The summed E-state index contributed by atoms with van der Waals surface area (Å²) in [5, 5.41) is 3.07. The van der Waals surface area contributed by atoms with Crippen LogP contribution in [0.3, 0.4) is 0 Å². The number of ether oxygens (including phenoxy) is 2. The lowest BCUT2D eigenvalue weighted by atomic mass is 9.86. The van der Waals surface area contributed by atoms with Crippen molar-refractivity contribution >= 4 is 5.91 Å². The van der Waals surface area contributed by atoms with Crippen LogP contribution in [0.15, 0.2) is 24.3 Å². The molecule has 4 heteroatoms. The topological polar surface area (TPSA) is 47.6 Å². The molecule has 1 saturated carbocycles. The van der Waals surface area contributed by atoms with Crippen LogP contribution in [0.25, 0.3) is 0 Å². The van der Waals surface area contributed by atoms with Gasteiger partial charge in [-0.2, -0.15) is 0 Å². The number of hydrogen-bond acceptors (Lipinski definition) is 3. The summed E-state index contributed by atoms with van der Waals surface area (Å²) >= 11 is 0. The molecule has 1 aromatic rings. The first kappa shape index (κ1) is 14.7. The first-order chi connectivity index (χ1) is 9.69. The molecule has 20 heavy (non-hydrogen) atoms. The smallest absolute Gasteiger partial charge is 0.258 e. The molecule has 1 fully saturated rings. The average Bonchev–Trinajstić information content (AvgIpc) is 2.48. The summed E-state index contributed by atoms with van der Waals surface area (Å²) < 4.78 is 10.5. The molecule has 1 aliphatic carbocycles. The third kappa shape index (κ3) is 4.15. The highest BCUT2D eigenvalue weighted by atomic mass is 16.5. The van der Waals surface area contributed by atoms with E-state index in [1.165, 1.54) is 19.3 Å². The highest BCUT2D eigenvalue weighted by Gasteiger charge is 2.22. The normalized spacial score (nSPS) is 22.1. The minimum absolute atomic E-state index is 0.0421. The van der Waals surface area contributed by atoms with E-state index in [0.717, 1.165) is 12.2 Å².